The number of carbonyl (C=O) groups excluding carboxylic acids is 4. The number of hydrogen-bond acceptors (Lipinski definition) is 6. The van der Waals surface area contributed by atoms with Crippen molar-refractivity contribution in [3.05, 3.63) is 23.9 Å². The molecule has 1 aliphatic carbocycles. The van der Waals surface area contributed by atoms with Crippen molar-refractivity contribution in [3.8, 4) is 0 Å². The molecule has 9 heteroatoms. The van der Waals surface area contributed by atoms with Crippen molar-refractivity contribution >= 4 is 35.2 Å². The first-order valence-electron chi connectivity index (χ1n) is 12.0. The van der Waals surface area contributed by atoms with E-state index in [1.165, 1.54) is 12.8 Å². The van der Waals surface area contributed by atoms with Gasteiger partial charge in [0.05, 0.1) is 11.8 Å². The molecule has 3 atom stereocenters. The van der Waals surface area contributed by atoms with Crippen LogP contribution in [0.5, 0.6) is 0 Å². The molecular formula is C24H31ClN4O4. The molecule has 0 aromatic heterocycles. The zero-order valence-corrected chi connectivity index (χ0v) is 19.6. The Bertz CT molecular complexity index is 921. The molecule has 4 amide bonds. The Morgan fingerprint density at radius 1 is 1.03 bits per heavy atom. The summed E-state index contributed by atoms with van der Waals surface area (Å²) in [6.07, 6.45) is 10.7. The lowest BCUT2D eigenvalue weighted by atomic mass is 9.72. The fraction of sp³-hybridized carbons (Fsp3) is 0.667. The zero-order chi connectivity index (χ0) is 23.2. The van der Waals surface area contributed by atoms with Crippen LogP contribution in [0.4, 0.5) is 0 Å². The lowest BCUT2D eigenvalue weighted by molar-refractivity contribution is -0.151. The molecule has 0 radical (unpaired) electrons. The average Bonchev–Trinajstić information content (AvgIpc) is 3.04. The third-order valence-corrected chi connectivity index (χ3v) is 8.28. The van der Waals surface area contributed by atoms with Gasteiger partial charge >= 0.3 is 0 Å². The van der Waals surface area contributed by atoms with E-state index in [2.05, 4.69) is 15.1 Å². The molecule has 5 rings (SSSR count). The number of nitrogens with zero attached hydrogens (tertiary/aromatic N) is 3. The number of allylic oxidation sites excluding steroid dienone is 1. The number of likely N-dealkylation sites (tertiary alicyclic amines) is 3. The predicted octanol–water partition coefficient (Wildman–Crippen LogP) is 1.26. The van der Waals surface area contributed by atoms with Crippen LogP contribution in [0.3, 0.4) is 0 Å². The van der Waals surface area contributed by atoms with Crippen LogP contribution in [0.25, 0.3) is 0 Å². The van der Waals surface area contributed by atoms with Crippen LogP contribution in [0, 0.1) is 17.3 Å². The fourth-order valence-electron chi connectivity index (χ4n) is 6.27. The number of piperidine rings is 3. The summed E-state index contributed by atoms with van der Waals surface area (Å²) in [7, 11) is 0. The second kappa shape index (κ2) is 8.87. The van der Waals surface area contributed by atoms with Crippen molar-refractivity contribution in [2.45, 2.75) is 44.6 Å². The molecule has 0 saturated carbocycles. The molecular weight excluding hydrogens is 444 g/mol. The maximum absolute atomic E-state index is 13.2. The van der Waals surface area contributed by atoms with E-state index < -0.39 is 23.8 Å². The number of fused-ring (bicyclic) bond motifs is 1. The van der Waals surface area contributed by atoms with E-state index in [0.717, 1.165) is 56.2 Å². The molecule has 5 aliphatic rings. The van der Waals surface area contributed by atoms with E-state index in [1.54, 1.807) is 0 Å². The van der Waals surface area contributed by atoms with Gasteiger partial charge < -0.3 is 9.80 Å². The van der Waals surface area contributed by atoms with Crippen LogP contribution < -0.4 is 5.32 Å². The van der Waals surface area contributed by atoms with Crippen LogP contribution >= 0.6 is 11.6 Å². The molecule has 0 aromatic rings. The molecule has 4 aliphatic heterocycles. The van der Waals surface area contributed by atoms with E-state index in [-0.39, 0.29) is 30.6 Å². The maximum Gasteiger partial charge on any atom is 0.249 e. The van der Waals surface area contributed by atoms with E-state index in [0.29, 0.717) is 11.3 Å². The monoisotopic (exact) mass is 474 g/mol. The number of nitrogens with one attached hydrogen (secondary N) is 1. The molecule has 1 N–H and O–H groups in total. The van der Waals surface area contributed by atoms with Crippen molar-refractivity contribution in [1.82, 2.24) is 20.0 Å². The number of amides is 4. The quantitative estimate of drug-likeness (QED) is 0.487. The van der Waals surface area contributed by atoms with Crippen molar-refractivity contribution in [1.29, 1.82) is 0 Å². The molecule has 4 fully saturated rings. The summed E-state index contributed by atoms with van der Waals surface area (Å²) in [5.74, 6) is -2.06. The Morgan fingerprint density at radius 3 is 2.52 bits per heavy atom. The van der Waals surface area contributed by atoms with E-state index in [9.17, 15) is 19.2 Å². The number of alkyl halides is 1. The third kappa shape index (κ3) is 4.12. The van der Waals surface area contributed by atoms with Gasteiger partial charge in [-0.2, -0.15) is 0 Å². The molecule has 1 spiro atoms. The van der Waals surface area contributed by atoms with Crippen LogP contribution in [0.15, 0.2) is 23.9 Å². The molecule has 0 bridgehead atoms. The van der Waals surface area contributed by atoms with Gasteiger partial charge in [-0.1, -0.05) is 6.08 Å². The number of rotatable bonds is 4. The summed E-state index contributed by atoms with van der Waals surface area (Å²) < 4.78 is 0. The predicted molar refractivity (Wildman–Crippen MR) is 122 cm³/mol. The van der Waals surface area contributed by atoms with Gasteiger partial charge in [0.25, 0.3) is 0 Å². The van der Waals surface area contributed by atoms with Gasteiger partial charge in [-0.25, -0.2) is 0 Å². The second-order valence-corrected chi connectivity index (χ2v) is 10.4. The number of hydrogen-bond donors (Lipinski definition) is 1. The first-order valence-corrected chi connectivity index (χ1v) is 12.6. The van der Waals surface area contributed by atoms with E-state index in [1.807, 2.05) is 18.2 Å². The molecule has 4 heterocycles. The topological polar surface area (TPSA) is 90.0 Å². The van der Waals surface area contributed by atoms with Gasteiger partial charge in [-0.3, -0.25) is 29.4 Å². The number of imide groups is 2. The highest BCUT2D eigenvalue weighted by Crippen LogP contribution is 2.42. The van der Waals surface area contributed by atoms with E-state index >= 15 is 0 Å². The maximum atomic E-state index is 13.2. The lowest BCUT2D eigenvalue weighted by Gasteiger charge is -2.48. The number of halogens is 1. The lowest BCUT2D eigenvalue weighted by Crippen LogP contribution is -2.54. The Kier molecular flexibility index (Phi) is 6.07. The Morgan fingerprint density at radius 2 is 1.79 bits per heavy atom. The third-order valence-electron chi connectivity index (χ3n) is 8.11. The van der Waals surface area contributed by atoms with Crippen LogP contribution in [-0.2, 0) is 19.2 Å². The normalized spacial score (nSPS) is 32.3. The highest BCUT2D eigenvalue weighted by atomic mass is 35.5. The van der Waals surface area contributed by atoms with Gasteiger partial charge in [-0.05, 0) is 56.2 Å². The molecule has 33 heavy (non-hydrogen) atoms. The first-order chi connectivity index (χ1) is 15.9. The molecule has 3 unspecified atom stereocenters. The standard InChI is InChI=1S/C24H31ClN4O4/c25-9-13-27-10-1-6-24(15-27)7-11-28(12-8-24)16-2-3-17-18(14-16)23(33)29(22(17)32)19-4-5-20(30)26-21(19)31/h2-3,14,17-19H,1,4-13,15H2,(H,26,30,31). The van der Waals surface area contributed by atoms with Gasteiger partial charge in [0.15, 0.2) is 0 Å². The Labute approximate surface area is 199 Å². The van der Waals surface area contributed by atoms with Crippen LogP contribution in [-0.4, -0.2) is 83.0 Å². The molecule has 8 nitrogen and oxygen atoms in total. The van der Waals surface area contributed by atoms with Gasteiger partial charge in [0, 0.05) is 44.2 Å². The zero-order valence-electron chi connectivity index (χ0n) is 18.8. The summed E-state index contributed by atoms with van der Waals surface area (Å²) in [6, 6.07) is -0.893. The van der Waals surface area contributed by atoms with Crippen molar-refractivity contribution in [3.63, 3.8) is 0 Å². The smallest absolute Gasteiger partial charge is 0.249 e. The summed E-state index contributed by atoms with van der Waals surface area (Å²) in [6.45, 7) is 5.06. The van der Waals surface area contributed by atoms with Crippen molar-refractivity contribution in [2.75, 3.05) is 38.6 Å². The number of carbonyl (C=O) groups is 4. The first kappa shape index (κ1) is 22.6. The van der Waals surface area contributed by atoms with Crippen molar-refractivity contribution < 1.29 is 19.2 Å². The van der Waals surface area contributed by atoms with Gasteiger partial charge in [-0.15, -0.1) is 11.6 Å². The Hall–Kier alpha value is -2.19. The summed E-state index contributed by atoms with van der Waals surface area (Å²) in [5, 5.41) is 2.25. The molecule has 0 aromatic carbocycles. The summed E-state index contributed by atoms with van der Waals surface area (Å²) in [4.78, 5) is 55.8. The average molecular weight is 475 g/mol. The second-order valence-electron chi connectivity index (χ2n) is 10.1. The SMILES string of the molecule is O=C1CCC(N2C(=O)C3C=CC(N4CCC5(CCCN(CCCl)C5)CC4)=CC3C2=O)C(=O)N1. The van der Waals surface area contributed by atoms with Crippen molar-refractivity contribution in [2.24, 2.45) is 17.3 Å². The highest BCUT2D eigenvalue weighted by molar-refractivity contribution is 6.18. The molecule has 4 saturated heterocycles. The van der Waals surface area contributed by atoms with Gasteiger partial charge in [0.1, 0.15) is 6.04 Å². The van der Waals surface area contributed by atoms with Crippen LogP contribution in [0.2, 0.25) is 0 Å². The van der Waals surface area contributed by atoms with E-state index in [4.69, 9.17) is 11.6 Å². The minimum absolute atomic E-state index is 0.136. The molecule has 178 valence electrons. The fourth-order valence-corrected chi connectivity index (χ4v) is 6.51. The largest absolute Gasteiger partial charge is 0.372 e. The summed E-state index contributed by atoms with van der Waals surface area (Å²) >= 11 is 5.97. The minimum Gasteiger partial charge on any atom is -0.372 e. The van der Waals surface area contributed by atoms with Gasteiger partial charge in [0.2, 0.25) is 23.6 Å². The minimum atomic E-state index is -0.893. The Balaban J connectivity index is 1.26. The summed E-state index contributed by atoms with van der Waals surface area (Å²) in [5.41, 5.74) is 1.34. The van der Waals surface area contributed by atoms with Crippen LogP contribution in [0.1, 0.15) is 38.5 Å². The highest BCUT2D eigenvalue weighted by Gasteiger charge is 2.51.